The summed E-state index contributed by atoms with van der Waals surface area (Å²) in [7, 11) is 0. The number of aliphatic hydroxyl groups is 1. The van der Waals surface area contributed by atoms with Crippen molar-refractivity contribution in [2.45, 2.75) is 44.4 Å². The highest BCUT2D eigenvalue weighted by Crippen LogP contribution is 2.54. The van der Waals surface area contributed by atoms with E-state index in [1.165, 1.54) is 0 Å². The van der Waals surface area contributed by atoms with Crippen LogP contribution in [0.5, 0.6) is 0 Å². The second-order valence-electron chi connectivity index (χ2n) is 5.83. The molecule has 2 aliphatic rings. The van der Waals surface area contributed by atoms with Gasteiger partial charge in [-0.05, 0) is 49.4 Å². The summed E-state index contributed by atoms with van der Waals surface area (Å²) < 4.78 is 50.3. The summed E-state index contributed by atoms with van der Waals surface area (Å²) in [4.78, 5) is 0. The lowest BCUT2D eigenvalue weighted by atomic mass is 9.77. The Bertz CT molecular complexity index is 289. The van der Waals surface area contributed by atoms with Gasteiger partial charge in [-0.2, -0.15) is 13.2 Å². The molecule has 2 rings (SSSR count). The molecule has 2 saturated carbocycles. The largest absolute Gasteiger partial charge is 0.419 e. The first-order valence-corrected chi connectivity index (χ1v) is 6.12. The maximum atomic E-state index is 12.6. The predicted octanol–water partition coefficient (Wildman–Crippen LogP) is 3.32. The normalized spacial score (nSPS) is 40.6. The fraction of sp³-hybridized carbons (Fsp3) is 1.00. The molecule has 0 aromatic rings. The molecule has 3 unspecified atom stereocenters. The molecule has 100 valence electrons. The van der Waals surface area contributed by atoms with E-state index < -0.39 is 24.9 Å². The molecular weight excluding hydrogens is 236 g/mol. The Hall–Kier alpha value is -0.320. The van der Waals surface area contributed by atoms with Gasteiger partial charge in [0.1, 0.15) is 6.67 Å². The van der Waals surface area contributed by atoms with Gasteiger partial charge in [-0.25, -0.2) is 4.39 Å². The van der Waals surface area contributed by atoms with Crippen molar-refractivity contribution in [1.29, 1.82) is 0 Å². The molecule has 0 aromatic heterocycles. The van der Waals surface area contributed by atoms with Gasteiger partial charge in [-0.1, -0.05) is 6.92 Å². The van der Waals surface area contributed by atoms with E-state index in [2.05, 4.69) is 6.92 Å². The van der Waals surface area contributed by atoms with Crippen LogP contribution in [0.3, 0.4) is 0 Å². The molecule has 2 aliphatic carbocycles. The highest BCUT2D eigenvalue weighted by atomic mass is 19.4. The quantitative estimate of drug-likeness (QED) is 0.766. The highest BCUT2D eigenvalue weighted by molar-refractivity contribution is 4.98. The summed E-state index contributed by atoms with van der Waals surface area (Å²) in [6.45, 7) is 0.381. The smallest absolute Gasteiger partial charge is 0.378 e. The third-order valence-corrected chi connectivity index (χ3v) is 4.71. The van der Waals surface area contributed by atoms with E-state index in [9.17, 15) is 22.7 Å². The van der Waals surface area contributed by atoms with Crippen molar-refractivity contribution in [3.8, 4) is 0 Å². The van der Waals surface area contributed by atoms with Crippen molar-refractivity contribution in [2.24, 2.45) is 23.7 Å². The Balaban J connectivity index is 2.02. The second kappa shape index (κ2) is 4.11. The summed E-state index contributed by atoms with van der Waals surface area (Å²) in [5.74, 6) is 1.12. The summed E-state index contributed by atoms with van der Waals surface area (Å²) in [5.41, 5.74) is -3.13. The molecule has 5 atom stereocenters. The minimum atomic E-state index is -4.87. The molecule has 0 heterocycles. The van der Waals surface area contributed by atoms with E-state index in [0.29, 0.717) is 18.3 Å². The van der Waals surface area contributed by atoms with Crippen LogP contribution in [0, 0.1) is 23.7 Å². The zero-order chi connectivity index (χ0) is 12.8. The fourth-order valence-corrected chi connectivity index (χ4v) is 3.61. The molecule has 0 radical (unpaired) electrons. The van der Waals surface area contributed by atoms with Gasteiger partial charge in [0.15, 0.2) is 5.60 Å². The lowest BCUT2D eigenvalue weighted by Crippen LogP contribution is -2.49. The van der Waals surface area contributed by atoms with E-state index in [-0.39, 0.29) is 11.8 Å². The van der Waals surface area contributed by atoms with Gasteiger partial charge in [0.2, 0.25) is 0 Å². The summed E-state index contributed by atoms with van der Waals surface area (Å²) >= 11 is 0. The Labute approximate surface area is 98.2 Å². The number of fused-ring (bicyclic) bond motifs is 2. The van der Waals surface area contributed by atoms with Gasteiger partial charge in [-0.3, -0.25) is 0 Å². The molecule has 0 spiro atoms. The van der Waals surface area contributed by atoms with Crippen LogP contribution in [0.15, 0.2) is 0 Å². The third-order valence-electron chi connectivity index (χ3n) is 4.71. The van der Waals surface area contributed by atoms with Crippen LogP contribution in [0.1, 0.15) is 32.6 Å². The maximum Gasteiger partial charge on any atom is 0.419 e. The summed E-state index contributed by atoms with van der Waals surface area (Å²) in [5, 5.41) is 9.41. The minimum absolute atomic E-state index is 0.168. The van der Waals surface area contributed by atoms with Crippen LogP contribution in [0.4, 0.5) is 17.6 Å². The van der Waals surface area contributed by atoms with Crippen LogP contribution in [0.2, 0.25) is 0 Å². The Morgan fingerprint density at radius 3 is 2.12 bits per heavy atom. The maximum absolute atomic E-state index is 12.6. The first-order valence-electron chi connectivity index (χ1n) is 6.12. The number of alkyl halides is 4. The van der Waals surface area contributed by atoms with Gasteiger partial charge >= 0.3 is 6.18 Å². The van der Waals surface area contributed by atoms with E-state index >= 15 is 0 Å². The van der Waals surface area contributed by atoms with Crippen molar-refractivity contribution in [1.82, 2.24) is 0 Å². The molecule has 1 nitrogen and oxygen atoms in total. The average Bonchev–Trinajstić information content (AvgIpc) is 2.74. The van der Waals surface area contributed by atoms with Crippen molar-refractivity contribution in [2.75, 3.05) is 6.67 Å². The predicted molar refractivity (Wildman–Crippen MR) is 55.1 cm³/mol. The second-order valence-corrected chi connectivity index (χ2v) is 5.83. The zero-order valence-corrected chi connectivity index (χ0v) is 9.80. The molecule has 1 N–H and O–H groups in total. The highest BCUT2D eigenvalue weighted by Gasteiger charge is 2.57. The Morgan fingerprint density at radius 1 is 1.12 bits per heavy atom. The van der Waals surface area contributed by atoms with Crippen LogP contribution < -0.4 is 0 Å². The molecule has 0 aliphatic heterocycles. The van der Waals surface area contributed by atoms with Crippen molar-refractivity contribution >= 4 is 0 Å². The van der Waals surface area contributed by atoms with Crippen LogP contribution >= 0.6 is 0 Å². The van der Waals surface area contributed by atoms with E-state index in [0.717, 1.165) is 12.8 Å². The topological polar surface area (TPSA) is 20.2 Å². The van der Waals surface area contributed by atoms with Gasteiger partial charge in [0.25, 0.3) is 0 Å². The molecular formula is C12H18F4O. The van der Waals surface area contributed by atoms with Gasteiger partial charge in [-0.15, -0.1) is 0 Å². The molecule has 0 saturated heterocycles. The summed E-state index contributed by atoms with van der Waals surface area (Å²) in [6, 6.07) is 0. The number of hydrogen-bond donors (Lipinski definition) is 1. The fourth-order valence-electron chi connectivity index (χ4n) is 3.61. The number of halogens is 4. The third kappa shape index (κ3) is 2.18. The van der Waals surface area contributed by atoms with Gasteiger partial charge in [0.05, 0.1) is 0 Å². The van der Waals surface area contributed by atoms with Gasteiger partial charge in [0, 0.05) is 0 Å². The first-order chi connectivity index (χ1) is 7.77. The number of hydrogen-bond acceptors (Lipinski definition) is 1. The molecule has 5 heteroatoms. The van der Waals surface area contributed by atoms with Crippen LogP contribution in [-0.2, 0) is 0 Å². The molecule has 0 aromatic carbocycles. The standard InChI is InChI=1S/C12H18F4O/c1-7-2-9-3-8(7)4-10(9)5-11(17,6-13)12(14,15)16/h7-10,17H,2-6H2,1H3/t7?,8-,9?,10?,11+/m1/s1. The molecule has 17 heavy (non-hydrogen) atoms. The van der Waals surface area contributed by atoms with Gasteiger partial charge < -0.3 is 5.11 Å². The zero-order valence-electron chi connectivity index (χ0n) is 9.80. The average molecular weight is 254 g/mol. The first kappa shape index (κ1) is 13.1. The van der Waals surface area contributed by atoms with Crippen LogP contribution in [-0.4, -0.2) is 23.6 Å². The molecule has 2 bridgehead atoms. The van der Waals surface area contributed by atoms with Crippen molar-refractivity contribution < 1.29 is 22.7 Å². The van der Waals surface area contributed by atoms with E-state index in [1.54, 1.807) is 0 Å². The summed E-state index contributed by atoms with van der Waals surface area (Å²) in [6.07, 6.45) is -2.75. The van der Waals surface area contributed by atoms with Crippen LogP contribution in [0.25, 0.3) is 0 Å². The lowest BCUT2D eigenvalue weighted by Gasteiger charge is -2.34. The molecule has 0 amide bonds. The SMILES string of the molecule is CC1CC2C[C@@H]1CC2C[C@](O)(CF)C(F)(F)F. The minimum Gasteiger partial charge on any atom is -0.378 e. The number of rotatable bonds is 3. The van der Waals surface area contributed by atoms with Crippen molar-refractivity contribution in [3.05, 3.63) is 0 Å². The Morgan fingerprint density at radius 2 is 1.76 bits per heavy atom. The van der Waals surface area contributed by atoms with Crippen molar-refractivity contribution in [3.63, 3.8) is 0 Å². The van der Waals surface area contributed by atoms with E-state index in [4.69, 9.17) is 0 Å². The monoisotopic (exact) mass is 254 g/mol. The lowest BCUT2D eigenvalue weighted by molar-refractivity contribution is -0.271. The Kier molecular flexibility index (Phi) is 3.17. The molecule has 2 fully saturated rings. The van der Waals surface area contributed by atoms with E-state index in [1.807, 2.05) is 0 Å².